The van der Waals surface area contributed by atoms with E-state index < -0.39 is 40.2 Å². The molecule has 0 aliphatic carbocycles. The highest BCUT2D eigenvalue weighted by Crippen LogP contribution is 2.50. The number of amides is 1. The summed E-state index contributed by atoms with van der Waals surface area (Å²) in [5, 5.41) is 4.60. The van der Waals surface area contributed by atoms with Gasteiger partial charge in [-0.15, -0.1) is 0 Å². The second-order valence-corrected chi connectivity index (χ2v) is 6.28. The lowest BCUT2D eigenvalue weighted by Gasteiger charge is -2.30. The van der Waals surface area contributed by atoms with Crippen molar-refractivity contribution in [2.75, 3.05) is 7.11 Å². The molecule has 0 radical (unpaired) electrons. The molecule has 148 valence electrons. The molecule has 1 atom stereocenters. The number of hydrogen-bond donors (Lipinski definition) is 2. The Morgan fingerprint density at radius 2 is 1.75 bits per heavy atom. The zero-order valence-electron chi connectivity index (χ0n) is 15.1. The van der Waals surface area contributed by atoms with E-state index in [-0.39, 0.29) is 17.1 Å². The van der Waals surface area contributed by atoms with Crippen LogP contribution in [-0.2, 0) is 19.7 Å². The van der Waals surface area contributed by atoms with Crippen molar-refractivity contribution >= 4 is 11.9 Å². The summed E-state index contributed by atoms with van der Waals surface area (Å²) in [5.41, 5.74) is -6.64. The van der Waals surface area contributed by atoms with Crippen LogP contribution in [-0.4, -0.2) is 34.9 Å². The molecule has 0 spiro atoms. The number of esters is 1. The van der Waals surface area contributed by atoms with Gasteiger partial charge in [0.1, 0.15) is 0 Å². The molecule has 0 fully saturated rings. The fourth-order valence-electron chi connectivity index (χ4n) is 3.53. The van der Waals surface area contributed by atoms with Crippen LogP contribution in [0.4, 0.5) is 13.2 Å². The number of aromatic nitrogens is 2. The highest BCUT2D eigenvalue weighted by molar-refractivity contribution is 6.09. The number of rotatable bonds is 3. The molecule has 2 N–H and O–H groups in total. The summed E-state index contributed by atoms with van der Waals surface area (Å²) in [5.74, 6) is -2.88. The Morgan fingerprint density at radius 3 is 2.29 bits per heavy atom. The summed E-state index contributed by atoms with van der Waals surface area (Å²) in [6, 6.07) is 7.90. The number of benzene rings is 1. The fourth-order valence-corrected chi connectivity index (χ4v) is 3.53. The van der Waals surface area contributed by atoms with Gasteiger partial charge in [0.2, 0.25) is 11.3 Å². The number of allylic oxidation sites excluding steroid dienone is 1. The molecule has 28 heavy (non-hydrogen) atoms. The third kappa shape index (κ3) is 2.48. The van der Waals surface area contributed by atoms with Crippen molar-refractivity contribution in [3.8, 4) is 5.69 Å². The third-order valence-electron chi connectivity index (χ3n) is 4.67. The quantitative estimate of drug-likeness (QED) is 0.776. The van der Waals surface area contributed by atoms with Gasteiger partial charge in [0, 0.05) is 11.4 Å². The fraction of sp³-hybridized carbons (Fsp3) is 0.278. The zero-order chi connectivity index (χ0) is 20.9. The van der Waals surface area contributed by atoms with Gasteiger partial charge in [-0.2, -0.15) is 13.2 Å². The van der Waals surface area contributed by atoms with E-state index in [1.807, 2.05) is 5.32 Å². The van der Waals surface area contributed by atoms with Crippen LogP contribution in [0.25, 0.3) is 5.69 Å². The van der Waals surface area contributed by atoms with Gasteiger partial charge >= 0.3 is 12.1 Å². The number of aryl methyl sites for hydroxylation is 1. The monoisotopic (exact) mass is 395 g/mol. The molecule has 0 bridgehead atoms. The van der Waals surface area contributed by atoms with Gasteiger partial charge < -0.3 is 10.1 Å². The lowest BCUT2D eigenvalue weighted by Crippen LogP contribution is -2.54. The number of carbonyl (C=O) groups excluding carboxylic acids is 2. The predicted molar refractivity (Wildman–Crippen MR) is 91.7 cm³/mol. The van der Waals surface area contributed by atoms with Crippen molar-refractivity contribution < 1.29 is 27.5 Å². The summed E-state index contributed by atoms with van der Waals surface area (Å²) >= 11 is 0. The number of para-hydroxylation sites is 1. The summed E-state index contributed by atoms with van der Waals surface area (Å²) in [6.07, 6.45) is -5.28. The van der Waals surface area contributed by atoms with Crippen LogP contribution in [0.15, 0.2) is 46.4 Å². The number of ether oxygens (including phenoxy) is 1. The van der Waals surface area contributed by atoms with E-state index in [4.69, 9.17) is 0 Å². The van der Waals surface area contributed by atoms with Crippen molar-refractivity contribution in [3.05, 3.63) is 63.2 Å². The number of methoxy groups -OCH3 is 1. The number of carbonyl (C=O) groups is 2. The van der Waals surface area contributed by atoms with Gasteiger partial charge in [-0.25, -0.2) is 9.48 Å². The normalized spacial score (nSPS) is 19.7. The Labute approximate surface area is 156 Å². The molecule has 1 aliphatic heterocycles. The largest absolute Gasteiger partial charge is 0.466 e. The van der Waals surface area contributed by atoms with Crippen molar-refractivity contribution in [3.63, 3.8) is 0 Å². The third-order valence-corrected chi connectivity index (χ3v) is 4.67. The van der Waals surface area contributed by atoms with Gasteiger partial charge in [-0.1, -0.05) is 18.2 Å². The topological polar surface area (TPSA) is 93.2 Å². The number of aromatic amines is 1. The number of halogens is 3. The molecule has 1 aromatic carbocycles. The number of alkyl halides is 3. The first kappa shape index (κ1) is 19.5. The molecule has 1 aliphatic rings. The van der Waals surface area contributed by atoms with Crippen molar-refractivity contribution in [1.82, 2.24) is 15.1 Å². The smallest absolute Gasteiger partial charge is 0.411 e. The Hall–Kier alpha value is -3.30. The molecular formula is C18H16F3N3O4. The highest BCUT2D eigenvalue weighted by atomic mass is 19.4. The van der Waals surface area contributed by atoms with Gasteiger partial charge in [-0.3, -0.25) is 14.7 Å². The molecule has 0 saturated heterocycles. The standard InChI is InChI=1S/C18H16F3N3O4/c1-9-13(15(26)28-3)17(16(27)22-9,18(19,20)21)12-10(2)23-24(14(12)25)11-7-5-4-6-8-11/h4-8,23H,1-3H3,(H,22,27)/t17-/m0/s1. The minimum Gasteiger partial charge on any atom is -0.466 e. The van der Waals surface area contributed by atoms with E-state index in [9.17, 15) is 27.6 Å². The van der Waals surface area contributed by atoms with E-state index in [2.05, 4.69) is 9.84 Å². The van der Waals surface area contributed by atoms with E-state index in [1.54, 1.807) is 18.2 Å². The highest BCUT2D eigenvalue weighted by Gasteiger charge is 2.70. The second kappa shape index (κ2) is 6.39. The van der Waals surface area contributed by atoms with E-state index in [1.165, 1.54) is 19.1 Å². The van der Waals surface area contributed by atoms with Crippen molar-refractivity contribution in [2.45, 2.75) is 25.4 Å². The van der Waals surface area contributed by atoms with Crippen LogP contribution in [0.5, 0.6) is 0 Å². The molecule has 2 aromatic rings. The number of H-pyrrole nitrogens is 1. The summed E-state index contributed by atoms with van der Waals surface area (Å²) in [7, 11) is 0.902. The molecule has 10 heteroatoms. The average Bonchev–Trinajstić information content (AvgIpc) is 3.07. The maximum Gasteiger partial charge on any atom is 0.411 e. The average molecular weight is 395 g/mol. The first-order valence-electron chi connectivity index (χ1n) is 8.12. The summed E-state index contributed by atoms with van der Waals surface area (Å²) < 4.78 is 48.5. The molecular weight excluding hydrogens is 379 g/mol. The van der Waals surface area contributed by atoms with Crippen molar-refractivity contribution in [2.24, 2.45) is 0 Å². The van der Waals surface area contributed by atoms with Crippen LogP contribution in [0.3, 0.4) is 0 Å². The minimum atomic E-state index is -5.28. The molecule has 1 aromatic heterocycles. The number of nitrogens with one attached hydrogen (secondary N) is 2. The lowest BCUT2D eigenvalue weighted by molar-refractivity contribution is -0.187. The zero-order valence-corrected chi connectivity index (χ0v) is 15.1. The van der Waals surface area contributed by atoms with E-state index in [0.717, 1.165) is 18.7 Å². The van der Waals surface area contributed by atoms with Crippen LogP contribution in [0.1, 0.15) is 18.2 Å². The summed E-state index contributed by atoms with van der Waals surface area (Å²) in [6.45, 7) is 2.38. The summed E-state index contributed by atoms with van der Waals surface area (Å²) in [4.78, 5) is 37.8. The minimum absolute atomic E-state index is 0.197. The number of nitrogens with zero attached hydrogens (tertiary/aromatic N) is 1. The van der Waals surface area contributed by atoms with Crippen LogP contribution < -0.4 is 10.9 Å². The van der Waals surface area contributed by atoms with Gasteiger partial charge in [0.15, 0.2) is 0 Å². The van der Waals surface area contributed by atoms with Gasteiger partial charge in [0.05, 0.1) is 23.9 Å². The van der Waals surface area contributed by atoms with Crippen molar-refractivity contribution in [1.29, 1.82) is 0 Å². The molecule has 3 rings (SSSR count). The molecule has 0 saturated carbocycles. The second-order valence-electron chi connectivity index (χ2n) is 6.28. The van der Waals surface area contributed by atoms with Crippen LogP contribution in [0, 0.1) is 6.92 Å². The van der Waals surface area contributed by atoms with E-state index in [0.29, 0.717) is 0 Å². The van der Waals surface area contributed by atoms with Gasteiger partial charge in [0.25, 0.3) is 5.56 Å². The molecule has 1 amide bonds. The maximum atomic E-state index is 14.4. The van der Waals surface area contributed by atoms with E-state index >= 15 is 0 Å². The Morgan fingerprint density at radius 1 is 1.14 bits per heavy atom. The Kier molecular flexibility index (Phi) is 4.44. The first-order chi connectivity index (χ1) is 13.1. The molecule has 0 unspecified atom stereocenters. The SMILES string of the molecule is COC(=O)C1=C(C)NC(=O)[C@@]1(c1c(C)[nH]n(-c2ccccc2)c1=O)C(F)(F)F. The molecule has 7 nitrogen and oxygen atoms in total. The van der Waals surface area contributed by atoms with Gasteiger partial charge in [-0.05, 0) is 26.0 Å². The first-order valence-corrected chi connectivity index (χ1v) is 8.12. The van der Waals surface area contributed by atoms with Crippen LogP contribution >= 0.6 is 0 Å². The Bertz CT molecular complexity index is 1050. The number of hydrogen-bond acceptors (Lipinski definition) is 4. The Balaban J connectivity index is 2.41. The lowest BCUT2D eigenvalue weighted by atomic mass is 9.73. The van der Waals surface area contributed by atoms with Crippen LogP contribution in [0.2, 0.25) is 0 Å². The molecule has 2 heterocycles. The predicted octanol–water partition coefficient (Wildman–Crippen LogP) is 1.85. The maximum absolute atomic E-state index is 14.4.